The maximum Gasteiger partial charge on any atom is 0.147 e. The van der Waals surface area contributed by atoms with Gasteiger partial charge in [0.1, 0.15) is 11.6 Å². The van der Waals surface area contributed by atoms with Gasteiger partial charge in [-0.2, -0.15) is 0 Å². The smallest absolute Gasteiger partial charge is 0.147 e. The standard InChI is InChI=1S/C12H16N6.C11H16FN/c13-3-1-9-5-14-6-12(17-9)18-4-2-10-11(7-18)16-8-15-10;1-3-4-5-6-7-11(12)10(2)8-9-13/h5-6,8H,1-4,7,13H2,(H,15,16);5-9,13H,3-4H2,1-2H3/b;6-5-,10-8+,11-7+,13-9?. The second kappa shape index (κ2) is 13.2. The molecule has 0 amide bonds. The molecule has 0 atom stereocenters. The molecule has 2 aromatic heterocycles. The number of fused-ring (bicyclic) bond motifs is 1. The van der Waals surface area contributed by atoms with Crippen LogP contribution in [0, 0.1) is 5.41 Å². The largest absolute Gasteiger partial charge is 0.349 e. The summed E-state index contributed by atoms with van der Waals surface area (Å²) >= 11 is 0. The molecule has 2 aromatic rings. The Hall–Kier alpha value is -3.13. The van der Waals surface area contributed by atoms with Crippen molar-refractivity contribution in [2.24, 2.45) is 5.73 Å². The zero-order valence-corrected chi connectivity index (χ0v) is 18.3. The number of nitrogens with zero attached hydrogens (tertiary/aromatic N) is 4. The fourth-order valence-electron chi connectivity index (χ4n) is 2.98. The summed E-state index contributed by atoms with van der Waals surface area (Å²) in [5, 5.41) is 6.76. The Morgan fingerprint density at radius 1 is 1.35 bits per heavy atom. The van der Waals surface area contributed by atoms with Gasteiger partial charge in [-0.05, 0) is 37.6 Å². The SMILES string of the molecule is CCC\C=C/C=C(F)\C(C)=C\C=N.NCCc1cncc(N2CCc3nc[nH]c3C2)n1. The number of aromatic amines is 1. The van der Waals surface area contributed by atoms with Crippen LogP contribution in [-0.2, 0) is 19.4 Å². The molecule has 0 fully saturated rings. The summed E-state index contributed by atoms with van der Waals surface area (Å²) in [4.78, 5) is 18.5. The van der Waals surface area contributed by atoms with Crippen molar-refractivity contribution in [3.8, 4) is 0 Å². The predicted molar refractivity (Wildman–Crippen MR) is 124 cm³/mol. The lowest BCUT2D eigenvalue weighted by molar-refractivity contribution is 0.652. The minimum Gasteiger partial charge on any atom is -0.349 e. The van der Waals surface area contributed by atoms with E-state index < -0.39 is 0 Å². The number of nitrogens with two attached hydrogens (primary N) is 1. The molecule has 31 heavy (non-hydrogen) atoms. The average Bonchev–Trinajstić information content (AvgIpc) is 3.25. The number of unbranched alkanes of at least 4 members (excludes halogenated alkanes) is 1. The molecule has 4 N–H and O–H groups in total. The van der Waals surface area contributed by atoms with Gasteiger partial charge in [0.25, 0.3) is 0 Å². The molecule has 1 aliphatic heterocycles. The summed E-state index contributed by atoms with van der Waals surface area (Å²) in [5.74, 6) is 0.636. The highest BCUT2D eigenvalue weighted by atomic mass is 19.1. The molecule has 0 saturated heterocycles. The quantitative estimate of drug-likeness (QED) is 0.437. The molecule has 0 saturated carbocycles. The van der Waals surface area contributed by atoms with Crippen LogP contribution in [0.15, 0.2) is 54.4 Å². The molecular weight excluding hydrogens is 393 g/mol. The Morgan fingerprint density at radius 2 is 2.19 bits per heavy atom. The Labute approximate surface area is 183 Å². The molecule has 7 nitrogen and oxygen atoms in total. The zero-order valence-electron chi connectivity index (χ0n) is 18.3. The first-order chi connectivity index (χ1) is 15.1. The van der Waals surface area contributed by atoms with Crippen LogP contribution < -0.4 is 10.6 Å². The first-order valence-electron chi connectivity index (χ1n) is 10.6. The molecule has 8 heteroatoms. The lowest BCUT2D eigenvalue weighted by atomic mass is 10.1. The van der Waals surface area contributed by atoms with Crippen molar-refractivity contribution in [1.82, 2.24) is 19.9 Å². The fraction of sp³-hybridized carbons (Fsp3) is 0.391. The molecule has 0 radical (unpaired) electrons. The lowest BCUT2D eigenvalue weighted by Gasteiger charge is -2.27. The highest BCUT2D eigenvalue weighted by molar-refractivity contribution is 5.70. The third-order valence-corrected chi connectivity index (χ3v) is 4.72. The number of nitrogens with one attached hydrogen (secondary N) is 2. The van der Waals surface area contributed by atoms with E-state index in [1.807, 2.05) is 6.08 Å². The topological polar surface area (TPSA) is 108 Å². The second-order valence-corrected chi connectivity index (χ2v) is 7.15. The van der Waals surface area contributed by atoms with Crippen LogP contribution in [0.25, 0.3) is 0 Å². The zero-order chi connectivity index (χ0) is 22.5. The molecular formula is C23H32FN7. The monoisotopic (exact) mass is 425 g/mol. The molecule has 0 aromatic carbocycles. The maximum absolute atomic E-state index is 13.0. The van der Waals surface area contributed by atoms with Crippen LogP contribution in [0.2, 0.25) is 0 Å². The van der Waals surface area contributed by atoms with Gasteiger partial charge < -0.3 is 21.0 Å². The summed E-state index contributed by atoms with van der Waals surface area (Å²) < 4.78 is 13.0. The number of imidazole rings is 1. The normalized spacial score (nSPS) is 14.3. The molecule has 3 heterocycles. The van der Waals surface area contributed by atoms with Crippen LogP contribution in [0.3, 0.4) is 0 Å². The van der Waals surface area contributed by atoms with Gasteiger partial charge in [-0.15, -0.1) is 0 Å². The highest BCUT2D eigenvalue weighted by Gasteiger charge is 2.19. The van der Waals surface area contributed by atoms with E-state index in [2.05, 4.69) is 31.8 Å². The minimum absolute atomic E-state index is 0.282. The molecule has 166 valence electrons. The highest BCUT2D eigenvalue weighted by Crippen LogP contribution is 2.20. The van der Waals surface area contributed by atoms with Crippen molar-refractivity contribution < 1.29 is 4.39 Å². The number of hydrogen-bond donors (Lipinski definition) is 3. The maximum atomic E-state index is 13.0. The van der Waals surface area contributed by atoms with Crippen molar-refractivity contribution in [2.45, 2.75) is 46.1 Å². The van der Waals surface area contributed by atoms with Gasteiger partial charge in [0, 0.05) is 31.8 Å². The summed E-state index contributed by atoms with van der Waals surface area (Å²) in [6.07, 6.45) is 16.7. The molecule has 0 aliphatic carbocycles. The third kappa shape index (κ3) is 7.90. The minimum atomic E-state index is -0.282. The summed E-state index contributed by atoms with van der Waals surface area (Å²) in [7, 11) is 0. The Kier molecular flexibility index (Phi) is 10.3. The van der Waals surface area contributed by atoms with Crippen molar-refractivity contribution >= 4 is 12.0 Å². The van der Waals surface area contributed by atoms with E-state index >= 15 is 0 Å². The van der Waals surface area contributed by atoms with Gasteiger partial charge in [-0.3, -0.25) is 4.98 Å². The number of anilines is 1. The number of aromatic nitrogens is 4. The molecule has 1 aliphatic rings. The van der Waals surface area contributed by atoms with Crippen LogP contribution >= 0.6 is 0 Å². The number of allylic oxidation sites excluding steroid dienone is 6. The third-order valence-electron chi connectivity index (χ3n) is 4.72. The van der Waals surface area contributed by atoms with Gasteiger partial charge in [-0.1, -0.05) is 25.5 Å². The van der Waals surface area contributed by atoms with Gasteiger partial charge in [0.05, 0.1) is 36.2 Å². The van der Waals surface area contributed by atoms with E-state index in [9.17, 15) is 4.39 Å². The second-order valence-electron chi connectivity index (χ2n) is 7.15. The lowest BCUT2D eigenvalue weighted by Crippen LogP contribution is -2.31. The molecule has 0 unspecified atom stereocenters. The van der Waals surface area contributed by atoms with Crippen LogP contribution in [0.1, 0.15) is 43.8 Å². The van der Waals surface area contributed by atoms with Gasteiger partial charge >= 0.3 is 0 Å². The molecule has 3 rings (SSSR count). The first kappa shape index (κ1) is 24.1. The predicted octanol–water partition coefficient (Wildman–Crippen LogP) is 4.06. The molecule has 0 bridgehead atoms. The van der Waals surface area contributed by atoms with Crippen LogP contribution in [0.5, 0.6) is 0 Å². The van der Waals surface area contributed by atoms with Crippen molar-refractivity contribution in [1.29, 1.82) is 5.41 Å². The van der Waals surface area contributed by atoms with Gasteiger partial charge in [0.15, 0.2) is 0 Å². The van der Waals surface area contributed by atoms with E-state index in [0.717, 1.165) is 62.2 Å². The molecule has 0 spiro atoms. The van der Waals surface area contributed by atoms with Crippen molar-refractivity contribution in [3.05, 3.63) is 71.5 Å². The van der Waals surface area contributed by atoms with Gasteiger partial charge in [0.2, 0.25) is 0 Å². The number of rotatable bonds is 8. The van der Waals surface area contributed by atoms with E-state index in [1.54, 1.807) is 31.7 Å². The summed E-state index contributed by atoms with van der Waals surface area (Å²) in [6.45, 7) is 6.06. The number of hydrogen-bond acceptors (Lipinski definition) is 6. The Morgan fingerprint density at radius 3 is 2.94 bits per heavy atom. The first-order valence-corrected chi connectivity index (χ1v) is 10.6. The van der Waals surface area contributed by atoms with Crippen LogP contribution in [0.4, 0.5) is 10.2 Å². The van der Waals surface area contributed by atoms with E-state index in [1.165, 1.54) is 17.8 Å². The van der Waals surface area contributed by atoms with Crippen LogP contribution in [-0.4, -0.2) is 39.2 Å². The van der Waals surface area contributed by atoms with E-state index in [4.69, 9.17) is 11.1 Å². The number of H-pyrrole nitrogens is 1. The average molecular weight is 426 g/mol. The Bertz CT molecular complexity index is 914. The summed E-state index contributed by atoms with van der Waals surface area (Å²) in [6, 6.07) is 0. The van der Waals surface area contributed by atoms with Crippen molar-refractivity contribution in [3.63, 3.8) is 0 Å². The Balaban J connectivity index is 0.000000235. The summed E-state index contributed by atoms with van der Waals surface area (Å²) in [5.41, 5.74) is 9.31. The van der Waals surface area contributed by atoms with Crippen molar-refractivity contribution in [2.75, 3.05) is 18.0 Å². The fourth-order valence-corrected chi connectivity index (χ4v) is 2.98. The van der Waals surface area contributed by atoms with Gasteiger partial charge in [-0.25, -0.2) is 14.4 Å². The van der Waals surface area contributed by atoms with E-state index in [0.29, 0.717) is 12.1 Å². The number of halogens is 1. The van der Waals surface area contributed by atoms with E-state index in [-0.39, 0.29) is 5.83 Å².